The lowest BCUT2D eigenvalue weighted by Crippen LogP contribution is -2.38. The van der Waals surface area contributed by atoms with Crippen LogP contribution in [0.1, 0.15) is 6.92 Å². The lowest BCUT2D eigenvalue weighted by Gasteiger charge is -2.16. The zero-order valence-electron chi connectivity index (χ0n) is 9.13. The second-order valence-electron chi connectivity index (χ2n) is 3.57. The number of nitrogens with two attached hydrogens (primary N) is 1. The molecule has 0 aliphatic heterocycles. The molecule has 2 unspecified atom stereocenters. The van der Waals surface area contributed by atoms with Crippen LogP contribution in [-0.2, 0) is 0 Å². The monoisotopic (exact) mass is 304 g/mol. The van der Waals surface area contributed by atoms with Crippen molar-refractivity contribution in [2.24, 2.45) is 5.73 Å². The molecular weight excluding hydrogens is 292 g/mol. The van der Waals surface area contributed by atoms with Gasteiger partial charge in [0.15, 0.2) is 0 Å². The number of rotatable bonds is 5. The van der Waals surface area contributed by atoms with Gasteiger partial charge in [-0.1, -0.05) is 0 Å². The normalized spacial score (nSPS) is 14.1. The number of aromatic nitrogens is 1. The van der Waals surface area contributed by atoms with Crippen molar-refractivity contribution in [2.75, 3.05) is 11.9 Å². The molecule has 8 heteroatoms. The van der Waals surface area contributed by atoms with E-state index in [4.69, 9.17) is 5.73 Å². The van der Waals surface area contributed by atoms with Crippen LogP contribution in [0.2, 0.25) is 0 Å². The minimum Gasteiger partial charge on any atom is -0.392 e. The Labute approximate surface area is 106 Å². The number of hydrogen-bond acceptors (Lipinski definition) is 6. The number of halogens is 1. The maximum Gasteiger partial charge on any atom is 0.288 e. The second-order valence-corrected chi connectivity index (χ2v) is 4.42. The minimum atomic E-state index is -0.640. The predicted octanol–water partition coefficient (Wildman–Crippen LogP) is 0.872. The summed E-state index contributed by atoms with van der Waals surface area (Å²) in [4.78, 5) is 13.9. The van der Waals surface area contributed by atoms with E-state index in [0.29, 0.717) is 16.8 Å². The Kier molecular flexibility index (Phi) is 4.79. The third-order valence-corrected chi connectivity index (χ3v) is 2.77. The van der Waals surface area contributed by atoms with E-state index in [1.807, 2.05) is 0 Å². The minimum absolute atomic E-state index is 0.0951. The largest absolute Gasteiger partial charge is 0.392 e. The van der Waals surface area contributed by atoms with Gasteiger partial charge in [0.05, 0.1) is 15.5 Å². The van der Waals surface area contributed by atoms with E-state index in [2.05, 4.69) is 26.2 Å². The van der Waals surface area contributed by atoms with Gasteiger partial charge in [-0.25, -0.2) is 4.98 Å². The molecule has 0 aliphatic carbocycles. The Morgan fingerprint density at radius 1 is 1.76 bits per heavy atom. The summed E-state index contributed by atoms with van der Waals surface area (Å²) in [6.45, 7) is 1.91. The molecular formula is C9H13BrN4O3. The Balaban J connectivity index is 2.70. The van der Waals surface area contributed by atoms with Crippen LogP contribution in [0.5, 0.6) is 0 Å². The number of aliphatic hydroxyl groups is 1. The van der Waals surface area contributed by atoms with Gasteiger partial charge < -0.3 is 16.2 Å². The van der Waals surface area contributed by atoms with Crippen molar-refractivity contribution in [3.8, 4) is 0 Å². The maximum atomic E-state index is 10.5. The fourth-order valence-electron chi connectivity index (χ4n) is 1.04. The highest BCUT2D eigenvalue weighted by Gasteiger charge is 2.13. The maximum absolute atomic E-state index is 10.5. The first-order valence-electron chi connectivity index (χ1n) is 4.89. The van der Waals surface area contributed by atoms with E-state index in [1.54, 1.807) is 6.92 Å². The van der Waals surface area contributed by atoms with E-state index < -0.39 is 17.1 Å². The molecule has 0 radical (unpaired) electrons. The topological polar surface area (TPSA) is 114 Å². The van der Waals surface area contributed by atoms with Crippen LogP contribution in [0.15, 0.2) is 16.7 Å². The molecule has 0 fully saturated rings. The van der Waals surface area contributed by atoms with Crippen molar-refractivity contribution >= 4 is 27.4 Å². The van der Waals surface area contributed by atoms with Gasteiger partial charge in [-0.2, -0.15) is 0 Å². The van der Waals surface area contributed by atoms with E-state index >= 15 is 0 Å². The van der Waals surface area contributed by atoms with Crippen molar-refractivity contribution in [1.82, 2.24) is 4.98 Å². The summed E-state index contributed by atoms with van der Waals surface area (Å²) in [5.74, 6) is 0.451. The molecule has 0 aliphatic rings. The quantitative estimate of drug-likeness (QED) is 0.549. The lowest BCUT2D eigenvalue weighted by molar-refractivity contribution is -0.385. The Morgan fingerprint density at radius 3 is 2.88 bits per heavy atom. The van der Waals surface area contributed by atoms with Crippen LogP contribution in [0, 0.1) is 10.1 Å². The van der Waals surface area contributed by atoms with Crippen LogP contribution < -0.4 is 11.1 Å². The molecule has 94 valence electrons. The molecule has 1 heterocycles. The zero-order valence-corrected chi connectivity index (χ0v) is 10.7. The Morgan fingerprint density at radius 2 is 2.41 bits per heavy atom. The molecule has 0 amide bonds. The first kappa shape index (κ1) is 13.8. The third-order valence-electron chi connectivity index (χ3n) is 2.16. The highest BCUT2D eigenvalue weighted by Crippen LogP contribution is 2.24. The van der Waals surface area contributed by atoms with Gasteiger partial charge in [0.1, 0.15) is 12.0 Å². The van der Waals surface area contributed by atoms with Gasteiger partial charge >= 0.3 is 0 Å². The number of hydrogen-bond donors (Lipinski definition) is 3. The fraction of sp³-hybridized carbons (Fsp3) is 0.444. The molecule has 0 bridgehead atoms. The van der Waals surface area contributed by atoms with Crippen LogP contribution in [0.4, 0.5) is 11.5 Å². The summed E-state index contributed by atoms with van der Waals surface area (Å²) in [7, 11) is 0. The first-order chi connectivity index (χ1) is 7.91. The van der Waals surface area contributed by atoms with Crippen molar-refractivity contribution in [2.45, 2.75) is 19.1 Å². The van der Waals surface area contributed by atoms with Gasteiger partial charge in [0.2, 0.25) is 0 Å². The predicted molar refractivity (Wildman–Crippen MR) is 66.7 cm³/mol. The molecule has 1 aromatic rings. The first-order valence-corrected chi connectivity index (χ1v) is 5.68. The van der Waals surface area contributed by atoms with Crippen LogP contribution in [0.3, 0.4) is 0 Å². The Bertz CT molecular complexity index is 413. The van der Waals surface area contributed by atoms with E-state index in [-0.39, 0.29) is 5.69 Å². The number of anilines is 1. The zero-order chi connectivity index (χ0) is 13.0. The summed E-state index contributed by atoms with van der Waals surface area (Å²) in [5, 5.41) is 22.6. The van der Waals surface area contributed by atoms with Gasteiger partial charge in [-0.15, -0.1) is 0 Å². The standard InChI is InChI=1S/C9H13BrN4O3/c1-5(15)8(11)4-13-9-7(10)2-6(3-12-9)14(16)17/h2-3,5,8,15H,4,11H2,1H3,(H,12,13). The number of aliphatic hydroxyl groups excluding tert-OH is 1. The summed E-state index contributed by atoms with van der Waals surface area (Å²) in [5.41, 5.74) is 5.53. The molecule has 0 spiro atoms. The van der Waals surface area contributed by atoms with Gasteiger partial charge in [0.25, 0.3) is 5.69 Å². The summed E-state index contributed by atoms with van der Waals surface area (Å²) < 4.78 is 0.476. The summed E-state index contributed by atoms with van der Waals surface area (Å²) >= 11 is 3.17. The highest BCUT2D eigenvalue weighted by molar-refractivity contribution is 9.10. The van der Waals surface area contributed by atoms with E-state index in [0.717, 1.165) is 6.20 Å². The molecule has 0 saturated heterocycles. The molecule has 1 rings (SSSR count). The van der Waals surface area contributed by atoms with Crippen molar-refractivity contribution in [3.05, 3.63) is 26.9 Å². The lowest BCUT2D eigenvalue weighted by atomic mass is 10.2. The third kappa shape index (κ3) is 3.91. The molecule has 2 atom stereocenters. The van der Waals surface area contributed by atoms with Crippen LogP contribution >= 0.6 is 15.9 Å². The molecule has 4 N–H and O–H groups in total. The van der Waals surface area contributed by atoms with Gasteiger partial charge in [-0.05, 0) is 22.9 Å². The van der Waals surface area contributed by atoms with E-state index in [1.165, 1.54) is 6.07 Å². The average Bonchev–Trinajstić information content (AvgIpc) is 2.26. The SMILES string of the molecule is CC(O)C(N)CNc1ncc([N+](=O)[O-])cc1Br. The van der Waals surface area contributed by atoms with Gasteiger partial charge in [-0.3, -0.25) is 10.1 Å². The fourth-order valence-corrected chi connectivity index (χ4v) is 1.52. The molecule has 1 aromatic heterocycles. The summed E-state index contributed by atoms with van der Waals surface area (Å²) in [6, 6.07) is 0.919. The molecule has 7 nitrogen and oxygen atoms in total. The van der Waals surface area contributed by atoms with Crippen molar-refractivity contribution in [1.29, 1.82) is 0 Å². The Hall–Kier alpha value is -1.25. The average molecular weight is 305 g/mol. The number of pyridine rings is 1. The number of nitrogens with zero attached hydrogens (tertiary/aromatic N) is 2. The second kappa shape index (κ2) is 5.89. The van der Waals surface area contributed by atoms with E-state index in [9.17, 15) is 15.2 Å². The number of nitrogens with one attached hydrogen (secondary N) is 1. The van der Waals surface area contributed by atoms with Gasteiger partial charge in [0, 0.05) is 18.7 Å². The molecule has 0 aromatic carbocycles. The van der Waals surface area contributed by atoms with Crippen LogP contribution in [0.25, 0.3) is 0 Å². The molecule has 0 saturated carbocycles. The highest BCUT2D eigenvalue weighted by atomic mass is 79.9. The van der Waals surface area contributed by atoms with Crippen molar-refractivity contribution < 1.29 is 10.0 Å². The molecule has 17 heavy (non-hydrogen) atoms. The number of nitro groups is 1. The van der Waals surface area contributed by atoms with Crippen molar-refractivity contribution in [3.63, 3.8) is 0 Å². The smallest absolute Gasteiger partial charge is 0.288 e. The summed E-state index contributed by atoms with van der Waals surface area (Å²) in [6.07, 6.45) is 0.514. The van der Waals surface area contributed by atoms with Crippen LogP contribution in [-0.4, -0.2) is 33.7 Å².